The Morgan fingerprint density at radius 3 is 2.80 bits per heavy atom. The third-order valence-corrected chi connectivity index (χ3v) is 4.48. The van der Waals surface area contributed by atoms with Gasteiger partial charge in [-0.05, 0) is 49.4 Å². The molecule has 0 bridgehead atoms. The quantitative estimate of drug-likeness (QED) is 0.554. The third-order valence-electron chi connectivity index (χ3n) is 4.48. The molecular weight excluding hydrogens is 244 g/mol. The number of benzene rings is 1. The summed E-state index contributed by atoms with van der Waals surface area (Å²) >= 11 is 0. The lowest BCUT2D eigenvalue weighted by Crippen LogP contribution is -2.35. The second-order valence-corrected chi connectivity index (χ2v) is 6.15. The Morgan fingerprint density at radius 1 is 1.15 bits per heavy atom. The van der Waals surface area contributed by atoms with Crippen LogP contribution in [0.1, 0.15) is 63.0 Å². The third kappa shape index (κ3) is 4.52. The molecule has 0 heterocycles. The van der Waals surface area contributed by atoms with Crippen LogP contribution < -0.4 is 11.1 Å². The summed E-state index contributed by atoms with van der Waals surface area (Å²) in [7, 11) is 0. The van der Waals surface area contributed by atoms with Crippen LogP contribution in [0.5, 0.6) is 0 Å². The first-order valence-corrected chi connectivity index (χ1v) is 8.41. The Balaban J connectivity index is 1.64. The molecule has 1 aliphatic carbocycles. The molecule has 2 rings (SSSR count). The number of hydrogen-bond acceptors (Lipinski definition) is 2. The van der Waals surface area contributed by atoms with E-state index in [4.69, 9.17) is 5.73 Å². The maximum absolute atomic E-state index is 6.05. The van der Waals surface area contributed by atoms with Crippen LogP contribution in [-0.2, 0) is 12.8 Å². The molecule has 20 heavy (non-hydrogen) atoms. The first-order chi connectivity index (χ1) is 9.81. The van der Waals surface area contributed by atoms with Crippen LogP contribution in [-0.4, -0.2) is 12.6 Å². The monoisotopic (exact) mass is 274 g/mol. The summed E-state index contributed by atoms with van der Waals surface area (Å²) < 4.78 is 0. The largest absolute Gasteiger partial charge is 0.398 e. The van der Waals surface area contributed by atoms with Gasteiger partial charge in [-0.1, -0.05) is 51.2 Å². The molecule has 3 N–H and O–H groups in total. The lowest BCUT2D eigenvalue weighted by molar-refractivity contribution is 0.447. The number of nitrogen functional groups attached to an aromatic ring is 1. The molecule has 0 amide bonds. The minimum absolute atomic E-state index is 0.653. The van der Waals surface area contributed by atoms with Gasteiger partial charge in [-0.15, -0.1) is 0 Å². The number of nitrogens with one attached hydrogen (secondary N) is 1. The number of hydrogen-bond donors (Lipinski definition) is 2. The Hall–Kier alpha value is -1.02. The van der Waals surface area contributed by atoms with Crippen molar-refractivity contribution in [1.29, 1.82) is 0 Å². The first kappa shape index (κ1) is 15.4. The molecular formula is C18H30N2. The standard InChI is InChI=1S/C18H30N2/c1-2-3-4-5-6-7-13-20-16-11-12-17-15(14-16)9-8-10-18(17)19/h8-10,16,20H,2-7,11-14,19H2,1H3. The number of anilines is 1. The summed E-state index contributed by atoms with van der Waals surface area (Å²) in [5, 5.41) is 3.73. The van der Waals surface area contributed by atoms with Crippen LogP contribution >= 0.6 is 0 Å². The van der Waals surface area contributed by atoms with Crippen LogP contribution in [0.15, 0.2) is 18.2 Å². The highest BCUT2D eigenvalue weighted by Gasteiger charge is 2.19. The van der Waals surface area contributed by atoms with Crippen molar-refractivity contribution in [3.8, 4) is 0 Å². The fourth-order valence-electron chi connectivity index (χ4n) is 3.22. The van der Waals surface area contributed by atoms with E-state index >= 15 is 0 Å². The average Bonchev–Trinajstić information content (AvgIpc) is 2.46. The molecule has 2 nitrogen and oxygen atoms in total. The molecule has 0 aliphatic heterocycles. The second kappa shape index (κ2) is 8.31. The molecule has 1 atom stereocenters. The van der Waals surface area contributed by atoms with Gasteiger partial charge < -0.3 is 11.1 Å². The molecule has 0 spiro atoms. The summed E-state index contributed by atoms with van der Waals surface area (Å²) in [6.45, 7) is 3.45. The van der Waals surface area contributed by atoms with E-state index in [0.29, 0.717) is 6.04 Å². The van der Waals surface area contributed by atoms with Crippen molar-refractivity contribution in [3.63, 3.8) is 0 Å². The maximum Gasteiger partial charge on any atom is 0.0349 e. The highest BCUT2D eigenvalue weighted by molar-refractivity contribution is 5.52. The van der Waals surface area contributed by atoms with Crippen molar-refractivity contribution in [2.45, 2.75) is 70.8 Å². The van der Waals surface area contributed by atoms with Crippen LogP contribution in [0.4, 0.5) is 5.69 Å². The van der Waals surface area contributed by atoms with Gasteiger partial charge in [0.05, 0.1) is 0 Å². The van der Waals surface area contributed by atoms with E-state index in [1.54, 1.807) is 0 Å². The van der Waals surface area contributed by atoms with Gasteiger partial charge >= 0.3 is 0 Å². The van der Waals surface area contributed by atoms with E-state index in [0.717, 1.165) is 18.5 Å². The van der Waals surface area contributed by atoms with Gasteiger partial charge in [0.25, 0.3) is 0 Å². The minimum Gasteiger partial charge on any atom is -0.398 e. The zero-order chi connectivity index (χ0) is 14.2. The Labute approximate surface area is 124 Å². The Morgan fingerprint density at radius 2 is 1.95 bits per heavy atom. The van der Waals surface area contributed by atoms with Crippen molar-refractivity contribution < 1.29 is 0 Å². The molecule has 0 fully saturated rings. The van der Waals surface area contributed by atoms with Crippen LogP contribution in [0.2, 0.25) is 0 Å². The maximum atomic E-state index is 6.05. The summed E-state index contributed by atoms with van der Waals surface area (Å²) in [5.41, 5.74) is 9.88. The SMILES string of the molecule is CCCCCCCCNC1CCc2c(N)cccc2C1. The van der Waals surface area contributed by atoms with Crippen LogP contribution in [0, 0.1) is 0 Å². The zero-order valence-corrected chi connectivity index (χ0v) is 13.0. The van der Waals surface area contributed by atoms with E-state index in [-0.39, 0.29) is 0 Å². The van der Waals surface area contributed by atoms with E-state index < -0.39 is 0 Å². The van der Waals surface area contributed by atoms with Gasteiger partial charge in [0.1, 0.15) is 0 Å². The van der Waals surface area contributed by atoms with Crippen molar-refractivity contribution in [1.82, 2.24) is 5.32 Å². The predicted molar refractivity (Wildman–Crippen MR) is 88.0 cm³/mol. The number of nitrogens with two attached hydrogens (primary N) is 1. The first-order valence-electron chi connectivity index (χ1n) is 8.41. The topological polar surface area (TPSA) is 38.0 Å². The van der Waals surface area contributed by atoms with Crippen LogP contribution in [0.3, 0.4) is 0 Å². The summed E-state index contributed by atoms with van der Waals surface area (Å²) in [6.07, 6.45) is 11.8. The highest BCUT2D eigenvalue weighted by Crippen LogP contribution is 2.26. The molecule has 0 aromatic heterocycles. The zero-order valence-electron chi connectivity index (χ0n) is 13.0. The van der Waals surface area contributed by atoms with Gasteiger partial charge in [-0.25, -0.2) is 0 Å². The van der Waals surface area contributed by atoms with Gasteiger partial charge in [0, 0.05) is 11.7 Å². The van der Waals surface area contributed by atoms with E-state index in [1.807, 2.05) is 6.07 Å². The second-order valence-electron chi connectivity index (χ2n) is 6.15. The number of rotatable bonds is 8. The highest BCUT2D eigenvalue weighted by atomic mass is 14.9. The van der Waals surface area contributed by atoms with Crippen molar-refractivity contribution in [2.24, 2.45) is 0 Å². The van der Waals surface area contributed by atoms with Gasteiger partial charge in [-0.3, -0.25) is 0 Å². The predicted octanol–water partition coefficient (Wildman–Crippen LogP) is 4.08. The molecule has 0 radical (unpaired) electrons. The summed E-state index contributed by atoms with van der Waals surface area (Å²) in [5.74, 6) is 0. The molecule has 1 unspecified atom stereocenters. The molecule has 1 aromatic rings. The Bertz CT molecular complexity index is 400. The average molecular weight is 274 g/mol. The molecule has 2 heteroatoms. The summed E-state index contributed by atoms with van der Waals surface area (Å²) in [6, 6.07) is 7.01. The number of fused-ring (bicyclic) bond motifs is 1. The molecule has 1 aromatic carbocycles. The molecule has 112 valence electrons. The summed E-state index contributed by atoms with van der Waals surface area (Å²) in [4.78, 5) is 0. The fourth-order valence-corrected chi connectivity index (χ4v) is 3.22. The fraction of sp³-hybridized carbons (Fsp3) is 0.667. The molecule has 0 saturated carbocycles. The lowest BCUT2D eigenvalue weighted by Gasteiger charge is -2.26. The van der Waals surface area contributed by atoms with Crippen molar-refractivity contribution in [3.05, 3.63) is 29.3 Å². The van der Waals surface area contributed by atoms with E-state index in [9.17, 15) is 0 Å². The van der Waals surface area contributed by atoms with Gasteiger partial charge in [0.15, 0.2) is 0 Å². The van der Waals surface area contributed by atoms with E-state index in [1.165, 1.54) is 62.6 Å². The minimum atomic E-state index is 0.653. The number of unbranched alkanes of at least 4 members (excludes halogenated alkanes) is 5. The lowest BCUT2D eigenvalue weighted by atomic mass is 9.87. The smallest absolute Gasteiger partial charge is 0.0349 e. The Kier molecular flexibility index (Phi) is 6.38. The molecule has 1 aliphatic rings. The van der Waals surface area contributed by atoms with Gasteiger partial charge in [-0.2, -0.15) is 0 Å². The van der Waals surface area contributed by atoms with Crippen molar-refractivity contribution >= 4 is 5.69 Å². The van der Waals surface area contributed by atoms with Gasteiger partial charge in [0.2, 0.25) is 0 Å². The normalized spacial score (nSPS) is 17.9. The molecule has 0 saturated heterocycles. The van der Waals surface area contributed by atoms with Crippen LogP contribution in [0.25, 0.3) is 0 Å². The van der Waals surface area contributed by atoms with E-state index in [2.05, 4.69) is 24.4 Å². The van der Waals surface area contributed by atoms with Crippen molar-refractivity contribution in [2.75, 3.05) is 12.3 Å².